The topological polar surface area (TPSA) is 77.5 Å². The van der Waals surface area contributed by atoms with Gasteiger partial charge in [0, 0.05) is 24.9 Å². The first-order valence-electron chi connectivity index (χ1n) is 6.18. The molecule has 0 saturated heterocycles. The van der Waals surface area contributed by atoms with Crippen LogP contribution in [0.4, 0.5) is 0 Å². The number of nitrogens with one attached hydrogen (secondary N) is 1. The van der Waals surface area contributed by atoms with E-state index in [1.807, 2.05) is 12.1 Å². The summed E-state index contributed by atoms with van der Waals surface area (Å²) in [5.74, 6) is 1.73. The van der Waals surface area contributed by atoms with Crippen molar-refractivity contribution in [3.63, 3.8) is 0 Å². The second-order valence-corrected chi connectivity index (χ2v) is 6.21. The van der Waals surface area contributed by atoms with Crippen LogP contribution in [0.3, 0.4) is 0 Å². The zero-order valence-corrected chi connectivity index (χ0v) is 12.6. The zero-order chi connectivity index (χ0) is 15.3. The molecule has 0 unspecified atom stereocenters. The second-order valence-electron chi connectivity index (χ2n) is 4.38. The molecule has 0 saturated carbocycles. The third kappa shape index (κ3) is 5.05. The molecule has 1 aromatic carbocycles. The molecule has 1 heterocycles. The molecule has 21 heavy (non-hydrogen) atoms. The Hall–Kier alpha value is -2.12. The summed E-state index contributed by atoms with van der Waals surface area (Å²) in [4.78, 5) is 4.13. The van der Waals surface area contributed by atoms with E-state index in [-0.39, 0.29) is 6.54 Å². The van der Waals surface area contributed by atoms with Crippen molar-refractivity contribution < 1.29 is 17.9 Å². The first-order valence-corrected chi connectivity index (χ1v) is 8.07. The van der Waals surface area contributed by atoms with E-state index in [0.717, 1.165) is 11.8 Å². The van der Waals surface area contributed by atoms with E-state index in [1.54, 1.807) is 37.6 Å². The lowest BCUT2D eigenvalue weighted by atomic mass is 10.3. The third-order valence-corrected chi connectivity index (χ3v) is 3.27. The van der Waals surface area contributed by atoms with Crippen molar-refractivity contribution >= 4 is 10.0 Å². The van der Waals surface area contributed by atoms with Crippen LogP contribution in [-0.2, 0) is 16.6 Å². The van der Waals surface area contributed by atoms with E-state index in [2.05, 4.69) is 9.71 Å². The van der Waals surface area contributed by atoms with Crippen molar-refractivity contribution in [1.29, 1.82) is 0 Å². The summed E-state index contributed by atoms with van der Waals surface area (Å²) < 4.78 is 35.1. The highest BCUT2D eigenvalue weighted by molar-refractivity contribution is 7.88. The summed E-state index contributed by atoms with van der Waals surface area (Å²) in [6.07, 6.45) is 2.67. The third-order valence-electron chi connectivity index (χ3n) is 2.60. The van der Waals surface area contributed by atoms with Gasteiger partial charge in [-0.2, -0.15) is 0 Å². The number of pyridine rings is 1. The van der Waals surface area contributed by atoms with E-state index in [9.17, 15) is 8.42 Å². The Balaban J connectivity index is 2.01. The Morgan fingerprint density at radius 2 is 1.95 bits per heavy atom. The average molecular weight is 308 g/mol. The monoisotopic (exact) mass is 308 g/mol. The first-order chi connectivity index (χ1) is 9.96. The maximum atomic E-state index is 11.0. The molecule has 2 rings (SSSR count). The van der Waals surface area contributed by atoms with Crippen molar-refractivity contribution in [3.8, 4) is 17.4 Å². The van der Waals surface area contributed by atoms with Crippen LogP contribution >= 0.6 is 0 Å². The van der Waals surface area contributed by atoms with E-state index < -0.39 is 10.0 Å². The molecule has 6 nitrogen and oxygen atoms in total. The lowest BCUT2D eigenvalue weighted by Gasteiger charge is -2.07. The van der Waals surface area contributed by atoms with Crippen LogP contribution in [0.2, 0.25) is 0 Å². The predicted molar refractivity (Wildman–Crippen MR) is 79.0 cm³/mol. The smallest absolute Gasteiger partial charge is 0.219 e. The van der Waals surface area contributed by atoms with Gasteiger partial charge in [-0.1, -0.05) is 12.1 Å². The largest absolute Gasteiger partial charge is 0.497 e. The van der Waals surface area contributed by atoms with E-state index >= 15 is 0 Å². The summed E-state index contributed by atoms with van der Waals surface area (Å²) in [5, 5.41) is 0. The fourth-order valence-corrected chi connectivity index (χ4v) is 2.00. The molecule has 0 aliphatic rings. The number of methoxy groups -OCH3 is 1. The molecule has 0 fully saturated rings. The molecule has 0 aliphatic carbocycles. The fourth-order valence-electron chi connectivity index (χ4n) is 1.58. The van der Waals surface area contributed by atoms with Gasteiger partial charge < -0.3 is 9.47 Å². The summed E-state index contributed by atoms with van der Waals surface area (Å²) in [6.45, 7) is 0.200. The SMILES string of the molecule is COc1cccc(Oc2ccc(CNS(C)(=O)=O)cn2)c1. The maximum Gasteiger partial charge on any atom is 0.219 e. The Kier molecular flexibility index (Phi) is 4.77. The molecule has 7 heteroatoms. The zero-order valence-electron chi connectivity index (χ0n) is 11.7. The number of hydrogen-bond acceptors (Lipinski definition) is 5. The second kappa shape index (κ2) is 6.55. The fraction of sp³-hybridized carbons (Fsp3) is 0.214. The molecule has 0 amide bonds. The molecular formula is C14H16N2O4S. The van der Waals surface area contributed by atoms with E-state index in [4.69, 9.17) is 9.47 Å². The van der Waals surface area contributed by atoms with Gasteiger partial charge in [-0.05, 0) is 17.7 Å². The van der Waals surface area contributed by atoms with Gasteiger partial charge in [0.25, 0.3) is 0 Å². The number of aromatic nitrogens is 1. The number of nitrogens with zero attached hydrogens (tertiary/aromatic N) is 1. The van der Waals surface area contributed by atoms with Crippen LogP contribution in [0, 0.1) is 0 Å². The number of ether oxygens (including phenoxy) is 2. The van der Waals surface area contributed by atoms with Gasteiger partial charge >= 0.3 is 0 Å². The van der Waals surface area contributed by atoms with Gasteiger partial charge in [-0.25, -0.2) is 18.1 Å². The van der Waals surface area contributed by atoms with Crippen LogP contribution in [0.25, 0.3) is 0 Å². The molecule has 1 aromatic heterocycles. The Morgan fingerprint density at radius 1 is 1.19 bits per heavy atom. The molecule has 1 N–H and O–H groups in total. The molecule has 0 bridgehead atoms. The number of rotatable bonds is 6. The van der Waals surface area contributed by atoms with Gasteiger partial charge in [-0.3, -0.25) is 0 Å². The van der Waals surface area contributed by atoms with Crippen molar-refractivity contribution in [2.75, 3.05) is 13.4 Å². The van der Waals surface area contributed by atoms with Gasteiger partial charge in [0.2, 0.25) is 15.9 Å². The standard InChI is InChI=1S/C14H16N2O4S/c1-19-12-4-3-5-13(8-12)20-14-7-6-11(9-15-14)10-16-21(2,17)18/h3-9,16H,10H2,1-2H3. The van der Waals surface area contributed by atoms with Gasteiger partial charge in [0.1, 0.15) is 11.5 Å². The van der Waals surface area contributed by atoms with Crippen molar-refractivity contribution in [1.82, 2.24) is 9.71 Å². The van der Waals surface area contributed by atoms with Crippen molar-refractivity contribution in [2.45, 2.75) is 6.54 Å². The van der Waals surface area contributed by atoms with Gasteiger partial charge in [-0.15, -0.1) is 0 Å². The lowest BCUT2D eigenvalue weighted by molar-refractivity contribution is 0.407. The average Bonchev–Trinajstić information content (AvgIpc) is 2.46. The minimum atomic E-state index is -3.21. The molecular weight excluding hydrogens is 292 g/mol. The van der Waals surface area contributed by atoms with Gasteiger partial charge in [0.15, 0.2) is 0 Å². The maximum absolute atomic E-state index is 11.0. The van der Waals surface area contributed by atoms with Crippen LogP contribution in [0.1, 0.15) is 5.56 Å². The summed E-state index contributed by atoms with van der Waals surface area (Å²) >= 11 is 0. The quantitative estimate of drug-likeness (QED) is 0.882. The van der Waals surface area contributed by atoms with Crippen LogP contribution in [0.5, 0.6) is 17.4 Å². The summed E-state index contributed by atoms with van der Waals surface area (Å²) in [6, 6.07) is 10.6. The Bertz CT molecular complexity index is 699. The van der Waals surface area contributed by atoms with Crippen LogP contribution < -0.4 is 14.2 Å². The minimum absolute atomic E-state index is 0.200. The lowest BCUT2D eigenvalue weighted by Crippen LogP contribution is -2.21. The first kappa shape index (κ1) is 15.3. The Labute approximate surface area is 123 Å². The van der Waals surface area contributed by atoms with E-state index in [0.29, 0.717) is 17.4 Å². The molecule has 2 aromatic rings. The number of benzene rings is 1. The number of hydrogen-bond donors (Lipinski definition) is 1. The molecule has 0 aliphatic heterocycles. The summed E-state index contributed by atoms with van der Waals surface area (Å²) in [5.41, 5.74) is 0.749. The highest BCUT2D eigenvalue weighted by Gasteiger charge is 2.03. The molecule has 112 valence electrons. The molecule has 0 atom stereocenters. The normalized spacial score (nSPS) is 11.1. The van der Waals surface area contributed by atoms with Gasteiger partial charge in [0.05, 0.1) is 13.4 Å². The van der Waals surface area contributed by atoms with Crippen molar-refractivity contribution in [2.24, 2.45) is 0 Å². The van der Waals surface area contributed by atoms with Crippen LogP contribution in [-0.4, -0.2) is 26.8 Å². The number of sulfonamides is 1. The molecule has 0 spiro atoms. The van der Waals surface area contributed by atoms with Crippen molar-refractivity contribution in [3.05, 3.63) is 48.2 Å². The highest BCUT2D eigenvalue weighted by atomic mass is 32.2. The van der Waals surface area contributed by atoms with Crippen LogP contribution in [0.15, 0.2) is 42.6 Å². The predicted octanol–water partition coefficient (Wildman–Crippen LogP) is 1.93. The minimum Gasteiger partial charge on any atom is -0.497 e. The summed E-state index contributed by atoms with van der Waals surface area (Å²) in [7, 11) is -1.63. The molecule has 0 radical (unpaired) electrons. The Morgan fingerprint density at radius 3 is 2.57 bits per heavy atom. The van der Waals surface area contributed by atoms with E-state index in [1.165, 1.54) is 0 Å². The highest BCUT2D eigenvalue weighted by Crippen LogP contribution is 2.23.